The van der Waals surface area contributed by atoms with Gasteiger partial charge in [-0.2, -0.15) is 0 Å². The maximum atomic E-state index is 12.4. The Morgan fingerprint density at radius 1 is 1.45 bits per heavy atom. The van der Waals surface area contributed by atoms with E-state index in [9.17, 15) is 14.4 Å². The van der Waals surface area contributed by atoms with Crippen molar-refractivity contribution >= 4 is 18.0 Å². The molecule has 1 aromatic carbocycles. The molecule has 2 rings (SSSR count). The number of rotatable bonds is 6. The monoisotopic (exact) mass is 274 g/mol. The number of primary amides is 1. The van der Waals surface area contributed by atoms with Crippen LogP contribution < -0.4 is 11.5 Å². The topological polar surface area (TPSA) is 103 Å². The predicted molar refractivity (Wildman–Crippen MR) is 73.8 cm³/mol. The number of amides is 1. The van der Waals surface area contributed by atoms with Crippen LogP contribution in [0.25, 0.3) is 0 Å². The van der Waals surface area contributed by atoms with Gasteiger partial charge in [0.05, 0.1) is 0 Å². The molecule has 0 aliphatic heterocycles. The van der Waals surface area contributed by atoms with E-state index in [1.807, 2.05) is 12.1 Å². The van der Waals surface area contributed by atoms with Gasteiger partial charge in [0.2, 0.25) is 5.91 Å². The first kappa shape index (κ1) is 14.4. The van der Waals surface area contributed by atoms with Crippen LogP contribution in [0.5, 0.6) is 0 Å². The molecule has 0 bridgehead atoms. The van der Waals surface area contributed by atoms with Crippen molar-refractivity contribution in [2.45, 2.75) is 25.8 Å². The summed E-state index contributed by atoms with van der Waals surface area (Å²) >= 11 is 0. The van der Waals surface area contributed by atoms with Crippen LogP contribution in [0.3, 0.4) is 0 Å². The third-order valence-corrected chi connectivity index (χ3v) is 3.89. The van der Waals surface area contributed by atoms with Gasteiger partial charge in [-0.1, -0.05) is 18.2 Å². The quantitative estimate of drug-likeness (QED) is 0.740. The fourth-order valence-corrected chi connectivity index (χ4v) is 2.83. The third kappa shape index (κ3) is 2.63. The van der Waals surface area contributed by atoms with Crippen molar-refractivity contribution in [1.29, 1.82) is 0 Å². The van der Waals surface area contributed by atoms with Crippen LogP contribution in [0.4, 0.5) is 0 Å². The van der Waals surface area contributed by atoms with Gasteiger partial charge in [0.1, 0.15) is 6.29 Å². The first-order chi connectivity index (χ1) is 9.58. The molecule has 2 atom stereocenters. The summed E-state index contributed by atoms with van der Waals surface area (Å²) in [4.78, 5) is 34.4. The molecule has 0 radical (unpaired) electrons. The zero-order valence-corrected chi connectivity index (χ0v) is 11.2. The number of carbonyl (C=O) groups is 3. The van der Waals surface area contributed by atoms with E-state index in [0.29, 0.717) is 24.9 Å². The lowest BCUT2D eigenvalue weighted by molar-refractivity contribution is -0.123. The molecule has 1 amide bonds. The number of hydrogen-bond donors (Lipinski definition) is 2. The van der Waals surface area contributed by atoms with Crippen molar-refractivity contribution in [3.05, 3.63) is 34.9 Å². The number of nitrogens with two attached hydrogens (primary N) is 2. The van der Waals surface area contributed by atoms with Crippen LogP contribution in [0, 0.1) is 11.8 Å². The second-order valence-corrected chi connectivity index (χ2v) is 5.12. The van der Waals surface area contributed by atoms with Crippen molar-refractivity contribution in [2.24, 2.45) is 23.3 Å². The molecule has 1 aliphatic rings. The molecular weight excluding hydrogens is 256 g/mol. The molecule has 0 saturated heterocycles. The van der Waals surface area contributed by atoms with Crippen molar-refractivity contribution in [2.75, 3.05) is 0 Å². The normalized spacial score (nSPS) is 18.6. The Balaban J connectivity index is 2.25. The van der Waals surface area contributed by atoms with Crippen LogP contribution in [0.15, 0.2) is 18.2 Å². The number of carbonyl (C=O) groups excluding carboxylic acids is 3. The SMILES string of the molecule is NCc1ccc2c(c1)CC(C(CCC=O)C(N)=O)C2=O. The molecule has 0 saturated carbocycles. The lowest BCUT2D eigenvalue weighted by atomic mass is 9.85. The van der Waals surface area contributed by atoms with Gasteiger partial charge in [0.25, 0.3) is 0 Å². The maximum absolute atomic E-state index is 12.4. The summed E-state index contributed by atoms with van der Waals surface area (Å²) in [5, 5.41) is 0. The van der Waals surface area contributed by atoms with Gasteiger partial charge in [0, 0.05) is 30.4 Å². The third-order valence-electron chi connectivity index (χ3n) is 3.89. The number of benzene rings is 1. The second kappa shape index (κ2) is 5.96. The molecule has 0 fully saturated rings. The highest BCUT2D eigenvalue weighted by molar-refractivity contribution is 6.04. The fraction of sp³-hybridized carbons (Fsp3) is 0.400. The lowest BCUT2D eigenvalue weighted by Crippen LogP contribution is -2.33. The van der Waals surface area contributed by atoms with Gasteiger partial charge in [0.15, 0.2) is 5.78 Å². The average molecular weight is 274 g/mol. The number of Topliss-reactive ketones (excluding diaryl/α,β-unsaturated/α-hetero) is 1. The van der Waals surface area contributed by atoms with Crippen LogP contribution >= 0.6 is 0 Å². The fourth-order valence-electron chi connectivity index (χ4n) is 2.83. The Labute approximate surface area is 117 Å². The molecule has 2 unspecified atom stereocenters. The van der Waals surface area contributed by atoms with Crippen LogP contribution in [-0.2, 0) is 22.6 Å². The summed E-state index contributed by atoms with van der Waals surface area (Å²) in [5.41, 5.74) is 13.5. The number of hydrogen-bond acceptors (Lipinski definition) is 4. The summed E-state index contributed by atoms with van der Waals surface area (Å²) in [6, 6.07) is 5.49. The first-order valence-corrected chi connectivity index (χ1v) is 6.67. The Hall–Kier alpha value is -2.01. The second-order valence-electron chi connectivity index (χ2n) is 5.12. The smallest absolute Gasteiger partial charge is 0.221 e. The van der Waals surface area contributed by atoms with Crippen LogP contribution in [0.2, 0.25) is 0 Å². The molecule has 0 aromatic heterocycles. The van der Waals surface area contributed by atoms with E-state index in [-0.39, 0.29) is 12.2 Å². The van der Waals surface area contributed by atoms with Gasteiger partial charge in [-0.3, -0.25) is 9.59 Å². The van der Waals surface area contributed by atoms with Gasteiger partial charge in [-0.15, -0.1) is 0 Å². The lowest BCUT2D eigenvalue weighted by Gasteiger charge is -2.17. The van der Waals surface area contributed by atoms with E-state index in [1.165, 1.54) is 0 Å². The Bertz CT molecular complexity index is 554. The summed E-state index contributed by atoms with van der Waals surface area (Å²) in [7, 11) is 0. The maximum Gasteiger partial charge on any atom is 0.221 e. The molecule has 5 heteroatoms. The number of aldehydes is 1. The van der Waals surface area contributed by atoms with E-state index >= 15 is 0 Å². The summed E-state index contributed by atoms with van der Waals surface area (Å²) in [6.45, 7) is 0.413. The largest absolute Gasteiger partial charge is 0.369 e. The highest BCUT2D eigenvalue weighted by Crippen LogP contribution is 2.34. The minimum atomic E-state index is -0.582. The van der Waals surface area contributed by atoms with Crippen molar-refractivity contribution in [3.63, 3.8) is 0 Å². The summed E-state index contributed by atoms with van der Waals surface area (Å²) < 4.78 is 0. The van der Waals surface area contributed by atoms with E-state index in [1.54, 1.807) is 6.07 Å². The van der Waals surface area contributed by atoms with E-state index in [4.69, 9.17) is 11.5 Å². The number of fused-ring (bicyclic) bond motifs is 1. The van der Waals surface area contributed by atoms with E-state index < -0.39 is 17.7 Å². The average Bonchev–Trinajstić information content (AvgIpc) is 2.75. The zero-order valence-electron chi connectivity index (χ0n) is 11.2. The van der Waals surface area contributed by atoms with Gasteiger partial charge in [-0.05, 0) is 24.0 Å². The Morgan fingerprint density at radius 3 is 2.80 bits per heavy atom. The minimum absolute atomic E-state index is 0.0572. The molecule has 0 spiro atoms. The highest BCUT2D eigenvalue weighted by atomic mass is 16.1. The van der Waals surface area contributed by atoms with E-state index in [2.05, 4.69) is 0 Å². The van der Waals surface area contributed by atoms with Gasteiger partial charge >= 0.3 is 0 Å². The van der Waals surface area contributed by atoms with Crippen LogP contribution in [0.1, 0.15) is 34.3 Å². The summed E-state index contributed by atoms with van der Waals surface area (Å²) in [6.07, 6.45) is 1.80. The molecule has 106 valence electrons. The summed E-state index contributed by atoms with van der Waals surface area (Å²) in [5.74, 6) is -1.60. The van der Waals surface area contributed by atoms with Gasteiger partial charge < -0.3 is 16.3 Å². The van der Waals surface area contributed by atoms with E-state index in [0.717, 1.165) is 17.4 Å². The van der Waals surface area contributed by atoms with Gasteiger partial charge in [-0.25, -0.2) is 0 Å². The molecule has 4 N–H and O–H groups in total. The molecule has 20 heavy (non-hydrogen) atoms. The molecule has 5 nitrogen and oxygen atoms in total. The molecular formula is C15H18N2O3. The van der Waals surface area contributed by atoms with Crippen LogP contribution in [-0.4, -0.2) is 18.0 Å². The zero-order chi connectivity index (χ0) is 14.7. The van der Waals surface area contributed by atoms with Crippen molar-refractivity contribution in [1.82, 2.24) is 0 Å². The number of ketones is 1. The highest BCUT2D eigenvalue weighted by Gasteiger charge is 2.38. The van der Waals surface area contributed by atoms with Crippen molar-refractivity contribution < 1.29 is 14.4 Å². The first-order valence-electron chi connectivity index (χ1n) is 6.67. The Morgan fingerprint density at radius 2 is 2.20 bits per heavy atom. The predicted octanol–water partition coefficient (Wildman–Crippen LogP) is 0.581. The minimum Gasteiger partial charge on any atom is -0.369 e. The molecule has 1 aliphatic carbocycles. The standard InChI is InChI=1S/C15H18N2O3/c16-8-9-3-4-11-10(6-9)7-13(14(11)19)12(15(17)20)2-1-5-18/h3-6,12-13H,1-2,7-8,16H2,(H2,17,20). The molecule has 1 aromatic rings. The van der Waals surface area contributed by atoms with Crippen molar-refractivity contribution in [3.8, 4) is 0 Å². The molecule has 0 heterocycles. The Kier molecular flexibility index (Phi) is 4.29.